The summed E-state index contributed by atoms with van der Waals surface area (Å²) in [5, 5.41) is 11.6. The highest BCUT2D eigenvalue weighted by Gasteiger charge is 2.27. The normalized spacial score (nSPS) is 15.4. The van der Waals surface area contributed by atoms with Gasteiger partial charge in [0.25, 0.3) is 5.91 Å². The van der Waals surface area contributed by atoms with Crippen molar-refractivity contribution in [2.45, 2.75) is 39.2 Å². The van der Waals surface area contributed by atoms with Crippen molar-refractivity contribution in [3.63, 3.8) is 0 Å². The monoisotopic (exact) mass is 327 g/mol. The minimum absolute atomic E-state index is 0.0114. The third-order valence-corrected chi connectivity index (χ3v) is 4.45. The molecule has 1 saturated heterocycles. The van der Waals surface area contributed by atoms with E-state index in [1.165, 1.54) is 0 Å². The van der Waals surface area contributed by atoms with Crippen LogP contribution in [-0.4, -0.2) is 51.5 Å². The van der Waals surface area contributed by atoms with E-state index in [1.807, 2.05) is 36.1 Å². The van der Waals surface area contributed by atoms with Crippen molar-refractivity contribution in [2.24, 2.45) is 0 Å². The Morgan fingerprint density at radius 3 is 2.88 bits per heavy atom. The summed E-state index contributed by atoms with van der Waals surface area (Å²) in [5.74, 6) is -0.0114. The SMILES string of the molecule is CCCN(C(=O)c1cn(-c2cccc(C)c2)nn1)C1CCNCC1. The lowest BCUT2D eigenvalue weighted by atomic mass is 10.0. The number of hydrogen-bond acceptors (Lipinski definition) is 4. The van der Waals surface area contributed by atoms with Gasteiger partial charge in [-0.15, -0.1) is 5.10 Å². The zero-order chi connectivity index (χ0) is 16.9. The van der Waals surface area contributed by atoms with Gasteiger partial charge in [-0.2, -0.15) is 0 Å². The lowest BCUT2D eigenvalue weighted by Gasteiger charge is -2.34. The molecule has 2 aromatic rings. The zero-order valence-electron chi connectivity index (χ0n) is 14.4. The molecular formula is C18H25N5O. The van der Waals surface area contributed by atoms with Gasteiger partial charge >= 0.3 is 0 Å². The summed E-state index contributed by atoms with van der Waals surface area (Å²) in [6, 6.07) is 8.30. The van der Waals surface area contributed by atoms with Gasteiger partial charge in [-0.25, -0.2) is 4.68 Å². The van der Waals surface area contributed by atoms with Gasteiger partial charge in [0.1, 0.15) is 0 Å². The molecule has 1 aromatic carbocycles. The molecule has 1 aliphatic rings. The van der Waals surface area contributed by atoms with Crippen molar-refractivity contribution in [3.05, 3.63) is 41.7 Å². The van der Waals surface area contributed by atoms with E-state index in [-0.39, 0.29) is 5.91 Å². The predicted molar refractivity (Wildman–Crippen MR) is 93.3 cm³/mol. The van der Waals surface area contributed by atoms with E-state index in [0.29, 0.717) is 11.7 Å². The smallest absolute Gasteiger partial charge is 0.276 e. The van der Waals surface area contributed by atoms with Gasteiger partial charge < -0.3 is 10.2 Å². The van der Waals surface area contributed by atoms with Crippen molar-refractivity contribution in [2.75, 3.05) is 19.6 Å². The molecule has 0 unspecified atom stereocenters. The maximum absolute atomic E-state index is 12.9. The van der Waals surface area contributed by atoms with E-state index in [4.69, 9.17) is 0 Å². The van der Waals surface area contributed by atoms with Crippen molar-refractivity contribution in [3.8, 4) is 5.69 Å². The van der Waals surface area contributed by atoms with Crippen LogP contribution in [0.2, 0.25) is 0 Å². The molecule has 1 N–H and O–H groups in total. The van der Waals surface area contributed by atoms with Crippen molar-refractivity contribution >= 4 is 5.91 Å². The molecule has 6 heteroatoms. The van der Waals surface area contributed by atoms with Gasteiger partial charge in [0.2, 0.25) is 0 Å². The first-order chi connectivity index (χ1) is 11.7. The Bertz CT molecular complexity index is 690. The largest absolute Gasteiger partial charge is 0.334 e. The lowest BCUT2D eigenvalue weighted by Crippen LogP contribution is -2.46. The molecule has 1 aromatic heterocycles. The molecule has 0 atom stereocenters. The van der Waals surface area contributed by atoms with Gasteiger partial charge in [0, 0.05) is 12.6 Å². The second-order valence-corrected chi connectivity index (χ2v) is 6.37. The van der Waals surface area contributed by atoms with Crippen LogP contribution >= 0.6 is 0 Å². The average Bonchev–Trinajstić information content (AvgIpc) is 3.10. The summed E-state index contributed by atoms with van der Waals surface area (Å²) in [6.07, 6.45) is 4.68. The van der Waals surface area contributed by atoms with Gasteiger partial charge in [-0.3, -0.25) is 4.79 Å². The Morgan fingerprint density at radius 2 is 2.17 bits per heavy atom. The molecular weight excluding hydrogens is 302 g/mol. The van der Waals surface area contributed by atoms with Crippen LogP contribution in [0.1, 0.15) is 42.2 Å². The molecule has 6 nitrogen and oxygen atoms in total. The lowest BCUT2D eigenvalue weighted by molar-refractivity contribution is 0.0636. The average molecular weight is 327 g/mol. The predicted octanol–water partition coefficient (Wildman–Crippen LogP) is 2.18. The van der Waals surface area contributed by atoms with E-state index in [9.17, 15) is 4.79 Å². The molecule has 1 aliphatic heterocycles. The number of nitrogens with one attached hydrogen (secondary N) is 1. The number of amides is 1. The first-order valence-electron chi connectivity index (χ1n) is 8.70. The summed E-state index contributed by atoms with van der Waals surface area (Å²) >= 11 is 0. The van der Waals surface area contributed by atoms with E-state index >= 15 is 0 Å². The molecule has 24 heavy (non-hydrogen) atoms. The summed E-state index contributed by atoms with van der Waals surface area (Å²) in [6.45, 7) is 6.83. The van der Waals surface area contributed by atoms with Crippen LogP contribution in [-0.2, 0) is 0 Å². The van der Waals surface area contributed by atoms with Crippen LogP contribution in [0.3, 0.4) is 0 Å². The number of aryl methyl sites for hydroxylation is 1. The molecule has 2 heterocycles. The molecule has 0 saturated carbocycles. The maximum atomic E-state index is 12.9. The Balaban J connectivity index is 1.80. The second-order valence-electron chi connectivity index (χ2n) is 6.37. The fraction of sp³-hybridized carbons (Fsp3) is 0.500. The fourth-order valence-electron chi connectivity index (χ4n) is 3.21. The molecule has 0 spiro atoms. The quantitative estimate of drug-likeness (QED) is 0.914. The van der Waals surface area contributed by atoms with E-state index in [1.54, 1.807) is 10.9 Å². The standard InChI is InChI=1S/C18H25N5O/c1-3-11-22(15-7-9-19-10-8-15)18(24)17-13-23(21-20-17)16-6-4-5-14(2)12-16/h4-6,12-13,15,19H,3,7-11H2,1-2H3. The number of piperidine rings is 1. The van der Waals surface area contributed by atoms with Crippen LogP contribution in [0, 0.1) is 6.92 Å². The Morgan fingerprint density at radius 1 is 1.38 bits per heavy atom. The van der Waals surface area contributed by atoms with Crippen molar-refractivity contribution in [1.29, 1.82) is 0 Å². The first kappa shape index (κ1) is 16.6. The second kappa shape index (κ2) is 7.57. The highest BCUT2D eigenvalue weighted by Crippen LogP contribution is 2.16. The maximum Gasteiger partial charge on any atom is 0.276 e. The minimum Gasteiger partial charge on any atom is -0.334 e. The number of rotatable bonds is 5. The summed E-state index contributed by atoms with van der Waals surface area (Å²) in [4.78, 5) is 14.9. The molecule has 1 amide bonds. The van der Waals surface area contributed by atoms with Crippen molar-refractivity contribution in [1.82, 2.24) is 25.2 Å². The Hall–Kier alpha value is -2.21. The van der Waals surface area contributed by atoms with Crippen LogP contribution in [0.15, 0.2) is 30.5 Å². The van der Waals surface area contributed by atoms with Crippen molar-refractivity contribution < 1.29 is 4.79 Å². The van der Waals surface area contributed by atoms with Gasteiger partial charge in [0.05, 0.1) is 11.9 Å². The van der Waals surface area contributed by atoms with E-state index in [0.717, 1.165) is 50.1 Å². The van der Waals surface area contributed by atoms with Crippen LogP contribution in [0.5, 0.6) is 0 Å². The number of benzene rings is 1. The molecule has 0 bridgehead atoms. The summed E-state index contributed by atoms with van der Waals surface area (Å²) in [5.41, 5.74) is 2.49. The third-order valence-electron chi connectivity index (χ3n) is 4.45. The number of hydrogen-bond donors (Lipinski definition) is 1. The molecule has 0 aliphatic carbocycles. The van der Waals surface area contributed by atoms with Crippen LogP contribution in [0.4, 0.5) is 0 Å². The van der Waals surface area contributed by atoms with Gasteiger partial charge in [-0.05, 0) is 57.0 Å². The molecule has 3 rings (SSSR count). The fourth-order valence-corrected chi connectivity index (χ4v) is 3.21. The Labute approximate surface area is 142 Å². The highest BCUT2D eigenvalue weighted by molar-refractivity contribution is 5.92. The molecule has 0 radical (unpaired) electrons. The van der Waals surface area contributed by atoms with Crippen LogP contribution in [0.25, 0.3) is 5.69 Å². The van der Waals surface area contributed by atoms with Gasteiger partial charge in [0.15, 0.2) is 5.69 Å². The third kappa shape index (κ3) is 3.64. The van der Waals surface area contributed by atoms with Crippen LogP contribution < -0.4 is 5.32 Å². The number of carbonyl (C=O) groups excluding carboxylic acids is 1. The summed E-state index contributed by atoms with van der Waals surface area (Å²) in [7, 11) is 0. The first-order valence-corrected chi connectivity index (χ1v) is 8.70. The summed E-state index contributed by atoms with van der Waals surface area (Å²) < 4.78 is 1.67. The van der Waals surface area contributed by atoms with E-state index < -0.39 is 0 Å². The Kier molecular flexibility index (Phi) is 5.25. The minimum atomic E-state index is -0.0114. The zero-order valence-corrected chi connectivity index (χ0v) is 14.4. The number of carbonyl (C=O) groups is 1. The highest BCUT2D eigenvalue weighted by atomic mass is 16.2. The van der Waals surface area contributed by atoms with E-state index in [2.05, 4.69) is 22.6 Å². The van der Waals surface area contributed by atoms with Gasteiger partial charge in [-0.1, -0.05) is 24.3 Å². The number of nitrogens with zero attached hydrogens (tertiary/aromatic N) is 4. The topological polar surface area (TPSA) is 63.1 Å². The molecule has 128 valence electrons. The number of aromatic nitrogens is 3. The molecule has 1 fully saturated rings.